The Morgan fingerprint density at radius 3 is 2.29 bits per heavy atom. The molecule has 8 nitrogen and oxygen atoms in total. The summed E-state index contributed by atoms with van der Waals surface area (Å²) in [6, 6.07) is 14.9. The molecular formula is C27H22F3N5O3. The number of alkyl halides is 3. The molecule has 2 N–H and O–H groups in total. The van der Waals surface area contributed by atoms with Crippen molar-refractivity contribution in [2.75, 3.05) is 41.8 Å². The second-order valence-electron chi connectivity index (χ2n) is 8.60. The summed E-state index contributed by atoms with van der Waals surface area (Å²) in [5.74, 6) is 0.495. The van der Waals surface area contributed by atoms with E-state index in [4.69, 9.17) is 4.74 Å². The van der Waals surface area contributed by atoms with Gasteiger partial charge in [0.1, 0.15) is 5.82 Å². The van der Waals surface area contributed by atoms with Crippen molar-refractivity contribution < 1.29 is 27.5 Å². The SMILES string of the molecule is O=C(Nc1ccc(C(=O)c2ccc3ncc(N4CCOCC4)nc3c2)cc1)Nc1cccc(C(F)(F)F)c1. The number of halogens is 3. The van der Waals surface area contributed by atoms with Crippen LogP contribution in [0.1, 0.15) is 21.5 Å². The summed E-state index contributed by atoms with van der Waals surface area (Å²) in [4.78, 5) is 36.6. The summed E-state index contributed by atoms with van der Waals surface area (Å²) in [7, 11) is 0. The van der Waals surface area contributed by atoms with Gasteiger partial charge in [-0.2, -0.15) is 13.2 Å². The number of nitrogens with zero attached hydrogens (tertiary/aromatic N) is 3. The van der Waals surface area contributed by atoms with Gasteiger partial charge in [-0.15, -0.1) is 0 Å². The van der Waals surface area contributed by atoms with Crippen LogP contribution in [0.15, 0.2) is 72.9 Å². The van der Waals surface area contributed by atoms with Gasteiger partial charge in [-0.1, -0.05) is 6.07 Å². The van der Waals surface area contributed by atoms with Crippen LogP contribution in [0, 0.1) is 0 Å². The van der Waals surface area contributed by atoms with E-state index in [0.29, 0.717) is 41.1 Å². The Bertz CT molecular complexity index is 1490. The molecule has 0 bridgehead atoms. The molecule has 1 fully saturated rings. The standard InChI is InChI=1S/C27H22F3N5O3/c28-27(29,30)19-2-1-3-21(15-19)33-26(37)32-20-7-4-17(5-8-20)25(36)18-6-9-22-23(14-18)34-24(16-31-22)35-10-12-38-13-11-35/h1-9,14-16H,10-13H2,(H2,32,33,37). The molecule has 0 aliphatic carbocycles. The smallest absolute Gasteiger partial charge is 0.378 e. The maximum atomic E-state index is 13.1. The van der Waals surface area contributed by atoms with E-state index in [9.17, 15) is 22.8 Å². The Labute approximate surface area is 215 Å². The molecule has 0 saturated carbocycles. The van der Waals surface area contributed by atoms with Crippen LogP contribution in [-0.2, 0) is 10.9 Å². The number of ketones is 1. The molecular weight excluding hydrogens is 499 g/mol. The molecule has 194 valence electrons. The van der Waals surface area contributed by atoms with Crippen molar-refractivity contribution in [2.45, 2.75) is 6.18 Å². The number of amides is 2. The van der Waals surface area contributed by atoms with Crippen LogP contribution in [0.5, 0.6) is 0 Å². The number of rotatable bonds is 5. The number of urea groups is 1. The molecule has 1 aromatic heterocycles. The Balaban J connectivity index is 1.26. The van der Waals surface area contributed by atoms with Gasteiger partial charge >= 0.3 is 12.2 Å². The van der Waals surface area contributed by atoms with E-state index in [1.54, 1.807) is 36.5 Å². The fourth-order valence-corrected chi connectivity index (χ4v) is 4.03. The molecule has 11 heteroatoms. The quantitative estimate of drug-likeness (QED) is 0.343. The van der Waals surface area contributed by atoms with Gasteiger partial charge in [0.25, 0.3) is 0 Å². The number of nitrogens with one attached hydrogen (secondary N) is 2. The monoisotopic (exact) mass is 521 g/mol. The van der Waals surface area contributed by atoms with E-state index in [-0.39, 0.29) is 11.5 Å². The van der Waals surface area contributed by atoms with Crippen LogP contribution in [-0.4, -0.2) is 48.1 Å². The lowest BCUT2D eigenvalue weighted by Gasteiger charge is -2.27. The maximum Gasteiger partial charge on any atom is 0.416 e. The number of fused-ring (bicyclic) bond motifs is 1. The highest BCUT2D eigenvalue weighted by atomic mass is 19.4. The lowest BCUT2D eigenvalue weighted by molar-refractivity contribution is -0.137. The summed E-state index contributed by atoms with van der Waals surface area (Å²) in [5, 5.41) is 4.91. The van der Waals surface area contributed by atoms with Gasteiger partial charge in [0.05, 0.1) is 36.0 Å². The molecule has 2 amide bonds. The molecule has 0 unspecified atom stereocenters. The van der Waals surface area contributed by atoms with Crippen LogP contribution < -0.4 is 15.5 Å². The predicted molar refractivity (Wildman–Crippen MR) is 137 cm³/mol. The average Bonchev–Trinajstić information content (AvgIpc) is 2.92. The first-order valence-electron chi connectivity index (χ1n) is 11.8. The summed E-state index contributed by atoms with van der Waals surface area (Å²) in [5.41, 5.74) is 1.61. The van der Waals surface area contributed by atoms with Crippen LogP contribution >= 0.6 is 0 Å². The molecule has 1 aliphatic rings. The second kappa shape index (κ2) is 10.5. The zero-order chi connectivity index (χ0) is 26.7. The van der Waals surface area contributed by atoms with Gasteiger partial charge in [0.15, 0.2) is 5.78 Å². The minimum atomic E-state index is -4.51. The van der Waals surface area contributed by atoms with Gasteiger partial charge in [-0.05, 0) is 60.7 Å². The fraction of sp³-hybridized carbons (Fsp3) is 0.185. The maximum absolute atomic E-state index is 13.1. The molecule has 0 atom stereocenters. The van der Waals surface area contributed by atoms with E-state index in [0.717, 1.165) is 31.0 Å². The molecule has 4 aromatic rings. The largest absolute Gasteiger partial charge is 0.416 e. The topological polar surface area (TPSA) is 96.5 Å². The third-order valence-corrected chi connectivity index (χ3v) is 5.98. The van der Waals surface area contributed by atoms with E-state index in [1.807, 2.05) is 0 Å². The number of carbonyl (C=O) groups excluding carboxylic acids is 2. The molecule has 38 heavy (non-hydrogen) atoms. The van der Waals surface area contributed by atoms with Gasteiger partial charge in [0.2, 0.25) is 0 Å². The van der Waals surface area contributed by atoms with E-state index in [2.05, 4.69) is 25.5 Å². The van der Waals surface area contributed by atoms with Crippen molar-refractivity contribution in [1.82, 2.24) is 9.97 Å². The van der Waals surface area contributed by atoms with Gasteiger partial charge in [-0.25, -0.2) is 9.78 Å². The molecule has 0 spiro atoms. The fourth-order valence-electron chi connectivity index (χ4n) is 4.03. The third kappa shape index (κ3) is 5.73. The molecule has 3 aromatic carbocycles. The number of hydrogen-bond acceptors (Lipinski definition) is 6. The van der Waals surface area contributed by atoms with Crippen molar-refractivity contribution in [1.29, 1.82) is 0 Å². The van der Waals surface area contributed by atoms with Crippen molar-refractivity contribution in [3.8, 4) is 0 Å². The lowest BCUT2D eigenvalue weighted by Crippen LogP contribution is -2.36. The van der Waals surface area contributed by atoms with Gasteiger partial charge in [0, 0.05) is 35.6 Å². The predicted octanol–water partition coefficient (Wildman–Crippen LogP) is 5.36. The molecule has 1 aliphatic heterocycles. The Morgan fingerprint density at radius 2 is 1.55 bits per heavy atom. The highest BCUT2D eigenvalue weighted by molar-refractivity contribution is 6.10. The van der Waals surface area contributed by atoms with E-state index < -0.39 is 17.8 Å². The summed E-state index contributed by atoms with van der Waals surface area (Å²) < 4.78 is 44.0. The molecule has 1 saturated heterocycles. The Morgan fingerprint density at radius 1 is 0.842 bits per heavy atom. The van der Waals surface area contributed by atoms with Crippen molar-refractivity contribution in [3.05, 3.63) is 89.6 Å². The first-order chi connectivity index (χ1) is 18.3. The average molecular weight is 521 g/mol. The third-order valence-electron chi connectivity index (χ3n) is 5.98. The number of benzene rings is 3. The number of carbonyl (C=O) groups is 2. The minimum Gasteiger partial charge on any atom is -0.378 e. The normalized spacial score (nSPS) is 13.8. The van der Waals surface area contributed by atoms with Crippen LogP contribution in [0.3, 0.4) is 0 Å². The highest BCUT2D eigenvalue weighted by Crippen LogP contribution is 2.30. The Hall–Kier alpha value is -4.51. The van der Waals surface area contributed by atoms with Crippen LogP contribution in [0.4, 0.5) is 35.2 Å². The van der Waals surface area contributed by atoms with Crippen molar-refractivity contribution >= 4 is 40.0 Å². The second-order valence-corrected chi connectivity index (χ2v) is 8.60. The first-order valence-corrected chi connectivity index (χ1v) is 11.8. The number of aromatic nitrogens is 2. The Kier molecular flexibility index (Phi) is 6.93. The molecule has 2 heterocycles. The molecule has 5 rings (SSSR count). The zero-order valence-corrected chi connectivity index (χ0v) is 20.0. The van der Waals surface area contributed by atoms with E-state index in [1.165, 1.54) is 24.3 Å². The first kappa shape index (κ1) is 25.2. The number of morpholine rings is 1. The number of hydrogen-bond donors (Lipinski definition) is 2. The minimum absolute atomic E-state index is 0.000281. The summed E-state index contributed by atoms with van der Waals surface area (Å²) in [6.07, 6.45) is -2.80. The van der Waals surface area contributed by atoms with Gasteiger partial charge < -0.3 is 20.3 Å². The zero-order valence-electron chi connectivity index (χ0n) is 20.0. The number of anilines is 3. The van der Waals surface area contributed by atoms with Crippen LogP contribution in [0.25, 0.3) is 11.0 Å². The highest BCUT2D eigenvalue weighted by Gasteiger charge is 2.30. The molecule has 0 radical (unpaired) electrons. The van der Waals surface area contributed by atoms with Crippen molar-refractivity contribution in [3.63, 3.8) is 0 Å². The van der Waals surface area contributed by atoms with Crippen molar-refractivity contribution in [2.24, 2.45) is 0 Å². The lowest BCUT2D eigenvalue weighted by atomic mass is 10.0. The van der Waals surface area contributed by atoms with E-state index >= 15 is 0 Å². The summed E-state index contributed by atoms with van der Waals surface area (Å²) >= 11 is 0. The van der Waals surface area contributed by atoms with Crippen LogP contribution in [0.2, 0.25) is 0 Å². The van der Waals surface area contributed by atoms with Gasteiger partial charge in [-0.3, -0.25) is 9.78 Å². The number of ether oxygens (including phenoxy) is 1. The summed E-state index contributed by atoms with van der Waals surface area (Å²) in [6.45, 7) is 2.68.